The number of carbonyl (C=O) groups excluding carboxylic acids is 1. The highest BCUT2D eigenvalue weighted by Gasteiger charge is 2.25. The summed E-state index contributed by atoms with van der Waals surface area (Å²) in [6, 6.07) is 14.9. The summed E-state index contributed by atoms with van der Waals surface area (Å²) in [5, 5.41) is 11.4. The lowest BCUT2D eigenvalue weighted by molar-refractivity contribution is 0.0969. The van der Waals surface area contributed by atoms with E-state index in [0.29, 0.717) is 17.9 Å². The van der Waals surface area contributed by atoms with E-state index >= 15 is 0 Å². The minimum atomic E-state index is -0.877. The van der Waals surface area contributed by atoms with Crippen molar-refractivity contribution >= 4 is 17.1 Å². The maximum Gasteiger partial charge on any atom is 0.202 e. The highest BCUT2D eigenvalue weighted by molar-refractivity contribution is 7.09. The SMILES string of the molecule is N#C[C@H](C(=O)c1cccn1Cc1cccs1)c1ccccn1. The van der Waals surface area contributed by atoms with Crippen LogP contribution in [0.1, 0.15) is 27.0 Å². The fourth-order valence-electron chi connectivity index (χ4n) is 2.30. The molecule has 0 saturated heterocycles. The van der Waals surface area contributed by atoms with Crippen molar-refractivity contribution in [1.82, 2.24) is 9.55 Å². The first-order valence-electron chi connectivity index (χ1n) is 6.82. The van der Waals surface area contributed by atoms with Crippen LogP contribution < -0.4 is 0 Å². The number of rotatable bonds is 5. The van der Waals surface area contributed by atoms with Gasteiger partial charge in [0.25, 0.3) is 0 Å². The molecule has 3 rings (SSSR count). The van der Waals surface area contributed by atoms with Crippen molar-refractivity contribution in [3.8, 4) is 6.07 Å². The number of Topliss-reactive ketones (excluding diaryl/α,β-unsaturated/α-hetero) is 1. The molecule has 108 valence electrons. The molecule has 1 atom stereocenters. The van der Waals surface area contributed by atoms with Crippen LogP contribution in [0.15, 0.2) is 60.2 Å². The number of hydrogen-bond acceptors (Lipinski definition) is 4. The molecule has 3 aromatic rings. The third kappa shape index (κ3) is 2.83. The van der Waals surface area contributed by atoms with Gasteiger partial charge in [-0.1, -0.05) is 12.1 Å². The zero-order valence-corrected chi connectivity index (χ0v) is 12.5. The monoisotopic (exact) mass is 307 g/mol. The van der Waals surface area contributed by atoms with Crippen LogP contribution in [0.25, 0.3) is 0 Å². The van der Waals surface area contributed by atoms with E-state index in [1.54, 1.807) is 41.8 Å². The molecule has 5 heteroatoms. The van der Waals surface area contributed by atoms with Gasteiger partial charge in [0.05, 0.1) is 24.0 Å². The van der Waals surface area contributed by atoms with E-state index in [1.165, 1.54) is 0 Å². The van der Waals surface area contributed by atoms with Crippen LogP contribution in [0.4, 0.5) is 0 Å². The first kappa shape index (κ1) is 14.2. The Balaban J connectivity index is 1.89. The Labute approximate surface area is 132 Å². The Morgan fingerprint density at radius 3 is 2.86 bits per heavy atom. The average molecular weight is 307 g/mol. The largest absolute Gasteiger partial charge is 0.340 e. The van der Waals surface area contributed by atoms with Gasteiger partial charge in [0.2, 0.25) is 5.78 Å². The number of hydrogen-bond donors (Lipinski definition) is 0. The van der Waals surface area contributed by atoms with Crippen LogP contribution in [0.2, 0.25) is 0 Å². The normalized spacial score (nSPS) is 11.8. The molecule has 0 unspecified atom stereocenters. The third-order valence-corrected chi connectivity index (χ3v) is 4.22. The number of nitrogens with zero attached hydrogens (tertiary/aromatic N) is 3. The second kappa shape index (κ2) is 6.37. The Morgan fingerprint density at radius 1 is 1.27 bits per heavy atom. The van der Waals surface area contributed by atoms with Crippen molar-refractivity contribution in [2.75, 3.05) is 0 Å². The van der Waals surface area contributed by atoms with Crippen molar-refractivity contribution in [2.24, 2.45) is 0 Å². The van der Waals surface area contributed by atoms with Gasteiger partial charge in [-0.25, -0.2) is 0 Å². The Kier molecular flexibility index (Phi) is 4.12. The Morgan fingerprint density at radius 2 is 2.18 bits per heavy atom. The highest BCUT2D eigenvalue weighted by Crippen LogP contribution is 2.20. The van der Waals surface area contributed by atoms with Crippen LogP contribution >= 0.6 is 11.3 Å². The molecule has 0 radical (unpaired) electrons. The zero-order valence-electron chi connectivity index (χ0n) is 11.7. The predicted molar refractivity (Wildman–Crippen MR) is 84.8 cm³/mol. The van der Waals surface area contributed by atoms with Gasteiger partial charge in [0.15, 0.2) is 5.92 Å². The van der Waals surface area contributed by atoms with Crippen LogP contribution in [-0.4, -0.2) is 15.3 Å². The number of aromatic nitrogens is 2. The number of thiophene rings is 1. The Bertz CT molecular complexity index is 800. The third-order valence-electron chi connectivity index (χ3n) is 3.36. The van der Waals surface area contributed by atoms with Gasteiger partial charge in [0, 0.05) is 17.3 Å². The quantitative estimate of drug-likeness (QED) is 0.678. The molecule has 0 amide bonds. The lowest BCUT2D eigenvalue weighted by atomic mass is 9.99. The van der Waals surface area contributed by atoms with E-state index < -0.39 is 5.92 Å². The molecule has 0 aliphatic rings. The van der Waals surface area contributed by atoms with Gasteiger partial charge in [-0.05, 0) is 35.7 Å². The van der Waals surface area contributed by atoms with Crippen LogP contribution in [0.5, 0.6) is 0 Å². The summed E-state index contributed by atoms with van der Waals surface area (Å²) in [5.41, 5.74) is 1.02. The van der Waals surface area contributed by atoms with E-state index in [9.17, 15) is 10.1 Å². The number of carbonyl (C=O) groups is 1. The van der Waals surface area contributed by atoms with Crippen molar-refractivity contribution in [2.45, 2.75) is 12.5 Å². The predicted octanol–water partition coefficient (Wildman–Crippen LogP) is 3.48. The molecule has 0 N–H and O–H groups in total. The molecular weight excluding hydrogens is 294 g/mol. The second-order valence-corrected chi connectivity index (χ2v) is 5.81. The first-order chi connectivity index (χ1) is 10.8. The van der Waals surface area contributed by atoms with Gasteiger partial charge >= 0.3 is 0 Å². The fourth-order valence-corrected chi connectivity index (χ4v) is 3.00. The molecule has 0 bridgehead atoms. The van der Waals surface area contributed by atoms with Gasteiger partial charge < -0.3 is 4.57 Å². The van der Waals surface area contributed by atoms with E-state index in [1.807, 2.05) is 34.3 Å². The lowest BCUT2D eigenvalue weighted by Gasteiger charge is -2.11. The van der Waals surface area contributed by atoms with Crippen molar-refractivity contribution in [3.05, 3.63) is 76.5 Å². The Hall–Kier alpha value is -2.71. The maximum atomic E-state index is 12.7. The van der Waals surface area contributed by atoms with Gasteiger partial charge in [-0.15, -0.1) is 11.3 Å². The molecular formula is C17H13N3OS. The molecule has 0 aliphatic carbocycles. The second-order valence-electron chi connectivity index (χ2n) is 4.78. The summed E-state index contributed by atoms with van der Waals surface area (Å²) in [6.45, 7) is 0.631. The van der Waals surface area contributed by atoms with Crippen molar-refractivity contribution in [3.63, 3.8) is 0 Å². The molecule has 0 saturated carbocycles. The summed E-state index contributed by atoms with van der Waals surface area (Å²) in [5.74, 6) is -1.10. The van der Waals surface area contributed by atoms with Crippen molar-refractivity contribution < 1.29 is 4.79 Å². The highest BCUT2D eigenvalue weighted by atomic mass is 32.1. The topological polar surface area (TPSA) is 58.7 Å². The molecule has 0 fully saturated rings. The van der Waals surface area contributed by atoms with E-state index in [4.69, 9.17) is 0 Å². The molecule has 3 heterocycles. The molecule has 4 nitrogen and oxygen atoms in total. The summed E-state index contributed by atoms with van der Waals surface area (Å²) in [4.78, 5) is 18.0. The standard InChI is InChI=1S/C17H13N3OS/c18-11-14(15-6-1-2-8-19-15)17(21)16-7-3-9-20(16)12-13-5-4-10-22-13/h1-10,14H,12H2/t14-/m0/s1. The number of pyridine rings is 1. The molecule has 3 aromatic heterocycles. The minimum Gasteiger partial charge on any atom is -0.340 e. The van der Waals surface area contributed by atoms with Gasteiger partial charge in [0.1, 0.15) is 0 Å². The van der Waals surface area contributed by atoms with Gasteiger partial charge in [-0.3, -0.25) is 9.78 Å². The smallest absolute Gasteiger partial charge is 0.202 e. The summed E-state index contributed by atoms with van der Waals surface area (Å²) >= 11 is 1.64. The van der Waals surface area contributed by atoms with Gasteiger partial charge in [-0.2, -0.15) is 5.26 Å². The minimum absolute atomic E-state index is 0.220. The summed E-state index contributed by atoms with van der Waals surface area (Å²) in [6.07, 6.45) is 3.46. The maximum absolute atomic E-state index is 12.7. The number of ketones is 1. The fraction of sp³-hybridized carbons (Fsp3) is 0.118. The van der Waals surface area contributed by atoms with Crippen molar-refractivity contribution in [1.29, 1.82) is 5.26 Å². The number of nitriles is 1. The summed E-state index contributed by atoms with van der Waals surface area (Å²) in [7, 11) is 0. The van der Waals surface area contributed by atoms with E-state index in [0.717, 1.165) is 4.88 Å². The van der Waals surface area contributed by atoms with Crippen LogP contribution in [0.3, 0.4) is 0 Å². The first-order valence-corrected chi connectivity index (χ1v) is 7.70. The van der Waals surface area contributed by atoms with Crippen LogP contribution in [-0.2, 0) is 6.54 Å². The molecule has 0 spiro atoms. The average Bonchev–Trinajstić information content (AvgIpc) is 3.21. The molecule has 0 aromatic carbocycles. The molecule has 22 heavy (non-hydrogen) atoms. The lowest BCUT2D eigenvalue weighted by Crippen LogP contribution is -2.17. The zero-order chi connectivity index (χ0) is 15.4. The van der Waals surface area contributed by atoms with E-state index in [2.05, 4.69) is 11.1 Å². The van der Waals surface area contributed by atoms with Crippen LogP contribution in [0, 0.1) is 11.3 Å². The molecule has 0 aliphatic heterocycles. The summed E-state index contributed by atoms with van der Waals surface area (Å²) < 4.78 is 1.88. The van der Waals surface area contributed by atoms with E-state index in [-0.39, 0.29) is 5.78 Å².